The zero-order chi connectivity index (χ0) is 16.6. The van der Waals surface area contributed by atoms with Gasteiger partial charge in [-0.1, -0.05) is 57.6 Å². The van der Waals surface area contributed by atoms with Gasteiger partial charge in [-0.2, -0.15) is 0 Å². The largest absolute Gasteiger partial charge is 0.395 e. The maximum Gasteiger partial charge on any atom is 0.0971 e. The van der Waals surface area contributed by atoms with Crippen molar-refractivity contribution in [2.45, 2.75) is 95.8 Å². The van der Waals surface area contributed by atoms with Crippen LogP contribution < -0.4 is 5.73 Å². The van der Waals surface area contributed by atoms with E-state index >= 15 is 0 Å². The number of nitrogens with two attached hydrogens (primary N) is 1. The molecule has 0 aromatic rings. The molecule has 0 spiro atoms. The van der Waals surface area contributed by atoms with Crippen LogP contribution in [0, 0.1) is 0 Å². The van der Waals surface area contributed by atoms with Crippen LogP contribution in [0.5, 0.6) is 0 Å². The summed E-state index contributed by atoms with van der Waals surface area (Å²) in [5.74, 6) is 0. The molecular formula is C18H37NO3. The number of unbranched alkanes of at least 4 members (excludes halogenated alkanes) is 8. The molecule has 4 heteroatoms. The van der Waals surface area contributed by atoms with Crippen molar-refractivity contribution in [1.29, 1.82) is 0 Å². The maximum atomic E-state index is 9.72. The Labute approximate surface area is 136 Å². The number of allylic oxidation sites excluding steroid dienone is 2. The molecule has 0 radical (unpaired) electrons. The Hall–Kier alpha value is -0.420. The van der Waals surface area contributed by atoms with Crippen LogP contribution in [-0.2, 0) is 0 Å². The Kier molecular flexibility index (Phi) is 15.2. The van der Waals surface area contributed by atoms with Crippen LogP contribution in [-0.4, -0.2) is 40.2 Å². The maximum absolute atomic E-state index is 9.72. The van der Waals surface area contributed by atoms with Gasteiger partial charge in [0.15, 0.2) is 0 Å². The van der Waals surface area contributed by atoms with E-state index in [1.165, 1.54) is 44.9 Å². The van der Waals surface area contributed by atoms with Gasteiger partial charge in [0.2, 0.25) is 0 Å². The Morgan fingerprint density at radius 3 is 2.00 bits per heavy atom. The first kappa shape index (κ1) is 21.6. The number of hydrogen-bond donors (Lipinski definition) is 4. The second-order valence-corrected chi connectivity index (χ2v) is 6.22. The fraction of sp³-hybridized carbons (Fsp3) is 0.889. The van der Waals surface area contributed by atoms with Crippen LogP contribution in [0.3, 0.4) is 0 Å². The minimum Gasteiger partial charge on any atom is -0.395 e. The number of rotatable bonds is 15. The zero-order valence-corrected chi connectivity index (χ0v) is 14.3. The molecule has 0 aliphatic rings. The lowest BCUT2D eigenvalue weighted by atomic mass is 10.0. The van der Waals surface area contributed by atoms with Crippen molar-refractivity contribution < 1.29 is 15.3 Å². The quantitative estimate of drug-likeness (QED) is 0.276. The summed E-state index contributed by atoms with van der Waals surface area (Å²) < 4.78 is 0. The van der Waals surface area contributed by atoms with Gasteiger partial charge in [0.25, 0.3) is 0 Å². The molecule has 0 bridgehead atoms. The van der Waals surface area contributed by atoms with Crippen LogP contribution in [0.4, 0.5) is 0 Å². The molecule has 3 atom stereocenters. The number of aliphatic hydroxyl groups excluding tert-OH is 3. The predicted octanol–water partition coefficient (Wildman–Crippen LogP) is 2.90. The lowest BCUT2D eigenvalue weighted by molar-refractivity contribution is -0.0117. The van der Waals surface area contributed by atoms with Gasteiger partial charge < -0.3 is 21.1 Å². The van der Waals surface area contributed by atoms with E-state index in [-0.39, 0.29) is 6.61 Å². The molecule has 5 N–H and O–H groups in total. The third-order valence-electron chi connectivity index (χ3n) is 4.06. The van der Waals surface area contributed by atoms with Crippen molar-refractivity contribution in [2.24, 2.45) is 5.73 Å². The van der Waals surface area contributed by atoms with Crippen LogP contribution in [0.15, 0.2) is 12.2 Å². The highest BCUT2D eigenvalue weighted by atomic mass is 16.3. The molecule has 0 rings (SSSR count). The summed E-state index contributed by atoms with van der Waals surface area (Å²) in [4.78, 5) is 0. The summed E-state index contributed by atoms with van der Waals surface area (Å²) in [7, 11) is 0. The molecule has 4 nitrogen and oxygen atoms in total. The van der Waals surface area contributed by atoms with Crippen LogP contribution in [0.2, 0.25) is 0 Å². The Morgan fingerprint density at radius 2 is 1.41 bits per heavy atom. The average molecular weight is 315 g/mol. The van der Waals surface area contributed by atoms with Crippen LogP contribution in [0.25, 0.3) is 0 Å². The van der Waals surface area contributed by atoms with Crippen molar-refractivity contribution in [3.05, 3.63) is 12.2 Å². The first-order valence-electron chi connectivity index (χ1n) is 9.01. The van der Waals surface area contributed by atoms with Gasteiger partial charge in [-0.15, -0.1) is 0 Å². The van der Waals surface area contributed by atoms with E-state index in [0.717, 1.165) is 19.3 Å². The van der Waals surface area contributed by atoms with E-state index in [2.05, 4.69) is 19.1 Å². The van der Waals surface area contributed by atoms with Gasteiger partial charge in [-0.3, -0.25) is 0 Å². The Bertz CT molecular complexity index is 259. The monoisotopic (exact) mass is 315 g/mol. The smallest absolute Gasteiger partial charge is 0.0971 e. The van der Waals surface area contributed by atoms with Gasteiger partial charge in [0, 0.05) is 0 Å². The fourth-order valence-corrected chi connectivity index (χ4v) is 2.46. The van der Waals surface area contributed by atoms with Crippen molar-refractivity contribution in [1.82, 2.24) is 0 Å². The number of hydrogen-bond acceptors (Lipinski definition) is 4. The summed E-state index contributed by atoms with van der Waals surface area (Å²) in [6.45, 7) is 1.93. The summed E-state index contributed by atoms with van der Waals surface area (Å²) >= 11 is 0. The summed E-state index contributed by atoms with van der Waals surface area (Å²) in [5, 5.41) is 28.1. The molecule has 0 aromatic carbocycles. The van der Waals surface area contributed by atoms with Crippen molar-refractivity contribution in [3.63, 3.8) is 0 Å². The SMILES string of the molecule is CCCCCCCCC/C=C/CCC[C@H](O)[C@H](O)[C@H](N)CO. The zero-order valence-electron chi connectivity index (χ0n) is 14.3. The van der Waals surface area contributed by atoms with Gasteiger partial charge >= 0.3 is 0 Å². The minimum atomic E-state index is -1.04. The highest BCUT2D eigenvalue weighted by molar-refractivity contribution is 4.83. The third kappa shape index (κ3) is 12.2. The van der Waals surface area contributed by atoms with E-state index in [0.29, 0.717) is 6.42 Å². The minimum absolute atomic E-state index is 0.309. The average Bonchev–Trinajstić information content (AvgIpc) is 2.54. The topological polar surface area (TPSA) is 86.7 Å². The Balaban J connectivity index is 3.40. The molecule has 0 aliphatic heterocycles. The molecule has 22 heavy (non-hydrogen) atoms. The molecule has 0 saturated heterocycles. The van der Waals surface area contributed by atoms with E-state index in [1.807, 2.05) is 0 Å². The third-order valence-corrected chi connectivity index (χ3v) is 4.06. The van der Waals surface area contributed by atoms with E-state index in [9.17, 15) is 10.2 Å². The van der Waals surface area contributed by atoms with Gasteiger partial charge in [0.05, 0.1) is 24.9 Å². The standard InChI is InChI=1S/C18H37NO3/c1-2-3-4-5-6-7-8-9-10-11-12-13-14-17(21)18(22)16(19)15-20/h10-11,16-18,20-22H,2-9,12-15,19H2,1H3/b11-10+/t16-,17+,18-/m1/s1. The predicted molar refractivity (Wildman–Crippen MR) is 92.7 cm³/mol. The van der Waals surface area contributed by atoms with E-state index in [1.54, 1.807) is 0 Å². The van der Waals surface area contributed by atoms with Crippen LogP contribution >= 0.6 is 0 Å². The molecule has 0 heterocycles. The molecule has 0 aliphatic carbocycles. The second kappa shape index (κ2) is 15.5. The van der Waals surface area contributed by atoms with Crippen LogP contribution in [0.1, 0.15) is 77.6 Å². The highest BCUT2D eigenvalue weighted by Crippen LogP contribution is 2.10. The van der Waals surface area contributed by atoms with Crippen molar-refractivity contribution in [3.8, 4) is 0 Å². The normalized spacial score (nSPS) is 16.0. The molecular weight excluding hydrogens is 278 g/mol. The Morgan fingerprint density at radius 1 is 0.864 bits per heavy atom. The summed E-state index contributed by atoms with van der Waals surface area (Å²) in [5.41, 5.74) is 5.48. The molecule has 0 amide bonds. The first-order chi connectivity index (χ1) is 10.6. The summed E-state index contributed by atoms with van der Waals surface area (Å²) in [6.07, 6.45) is 15.2. The van der Waals surface area contributed by atoms with E-state index < -0.39 is 18.2 Å². The highest BCUT2D eigenvalue weighted by Gasteiger charge is 2.21. The number of aliphatic hydroxyl groups is 3. The lowest BCUT2D eigenvalue weighted by Gasteiger charge is -2.21. The molecule has 132 valence electrons. The fourth-order valence-electron chi connectivity index (χ4n) is 2.46. The first-order valence-corrected chi connectivity index (χ1v) is 9.01. The summed E-state index contributed by atoms with van der Waals surface area (Å²) in [6, 6.07) is -0.761. The van der Waals surface area contributed by atoms with Gasteiger partial charge in [-0.05, 0) is 32.1 Å². The second-order valence-electron chi connectivity index (χ2n) is 6.22. The van der Waals surface area contributed by atoms with E-state index in [4.69, 9.17) is 10.8 Å². The molecule has 0 fully saturated rings. The lowest BCUT2D eigenvalue weighted by Crippen LogP contribution is -2.45. The van der Waals surface area contributed by atoms with Gasteiger partial charge in [0.1, 0.15) is 0 Å². The molecule has 0 unspecified atom stereocenters. The van der Waals surface area contributed by atoms with Gasteiger partial charge in [-0.25, -0.2) is 0 Å². The molecule has 0 saturated carbocycles. The molecule has 0 aromatic heterocycles. The van der Waals surface area contributed by atoms with Crippen molar-refractivity contribution in [2.75, 3.05) is 6.61 Å². The van der Waals surface area contributed by atoms with Crippen molar-refractivity contribution >= 4 is 0 Å².